The highest BCUT2D eigenvalue weighted by molar-refractivity contribution is 7.99. The Balaban J connectivity index is 2.02. The second-order valence-corrected chi connectivity index (χ2v) is 5.34. The lowest BCUT2D eigenvalue weighted by Crippen LogP contribution is -2.26. The highest BCUT2D eigenvalue weighted by atomic mass is 32.2. The molecule has 1 aliphatic heterocycles. The molecule has 1 saturated heterocycles. The summed E-state index contributed by atoms with van der Waals surface area (Å²) < 4.78 is 0. The van der Waals surface area contributed by atoms with Crippen LogP contribution in [0.3, 0.4) is 0 Å². The van der Waals surface area contributed by atoms with Gasteiger partial charge >= 0.3 is 0 Å². The third-order valence-corrected chi connectivity index (χ3v) is 3.80. The third-order valence-electron chi connectivity index (χ3n) is 2.90. The molecule has 15 heavy (non-hydrogen) atoms. The average Bonchev–Trinajstić information content (AvgIpc) is 2.32. The van der Waals surface area contributed by atoms with Crippen LogP contribution in [0.2, 0.25) is 0 Å². The first kappa shape index (κ1) is 11.0. The van der Waals surface area contributed by atoms with Gasteiger partial charge in [0.15, 0.2) is 0 Å². The van der Waals surface area contributed by atoms with Crippen molar-refractivity contribution in [2.24, 2.45) is 0 Å². The Labute approximate surface area is 96.7 Å². The van der Waals surface area contributed by atoms with E-state index in [9.17, 15) is 0 Å². The van der Waals surface area contributed by atoms with E-state index in [0.29, 0.717) is 6.04 Å². The lowest BCUT2D eigenvalue weighted by Gasteiger charge is -2.23. The van der Waals surface area contributed by atoms with Crippen LogP contribution < -0.4 is 5.32 Å². The van der Waals surface area contributed by atoms with Crippen LogP contribution in [0.5, 0.6) is 0 Å². The summed E-state index contributed by atoms with van der Waals surface area (Å²) in [5, 5.41) is 3.58. The van der Waals surface area contributed by atoms with Crippen LogP contribution in [0.15, 0.2) is 29.2 Å². The minimum absolute atomic E-state index is 0.597. The van der Waals surface area contributed by atoms with Gasteiger partial charge in [0, 0.05) is 10.9 Å². The molecule has 1 N–H and O–H groups in total. The van der Waals surface area contributed by atoms with Gasteiger partial charge in [-0.25, -0.2) is 0 Å². The molecule has 1 atom stereocenters. The number of benzene rings is 1. The number of hydrogen-bond donors (Lipinski definition) is 1. The number of nitrogens with one attached hydrogen (secondary N) is 1. The van der Waals surface area contributed by atoms with Crippen molar-refractivity contribution in [1.82, 2.24) is 5.32 Å². The molecule has 1 aromatic rings. The standard InChI is InChI=1S/C13H19NS/c1-2-15-12-8-6-11(7-9-12)13-5-3-4-10-14-13/h6-9,13-14H,2-5,10H2,1H3/t13-/m0/s1. The molecule has 0 saturated carbocycles. The monoisotopic (exact) mass is 221 g/mol. The molecule has 1 nitrogen and oxygen atoms in total. The fraction of sp³-hybridized carbons (Fsp3) is 0.538. The summed E-state index contributed by atoms with van der Waals surface area (Å²) in [6, 6.07) is 9.65. The molecule has 1 aliphatic rings. The molecule has 82 valence electrons. The van der Waals surface area contributed by atoms with Crippen LogP contribution in [-0.4, -0.2) is 12.3 Å². The zero-order valence-corrected chi connectivity index (χ0v) is 10.1. The van der Waals surface area contributed by atoms with E-state index in [1.165, 1.54) is 36.3 Å². The second-order valence-electron chi connectivity index (χ2n) is 4.00. The maximum Gasteiger partial charge on any atom is 0.0320 e. The van der Waals surface area contributed by atoms with Crippen LogP contribution in [0.1, 0.15) is 37.8 Å². The van der Waals surface area contributed by atoms with Crippen LogP contribution in [0, 0.1) is 0 Å². The predicted octanol–water partition coefficient (Wildman–Crippen LogP) is 3.61. The number of piperidine rings is 1. The van der Waals surface area contributed by atoms with Gasteiger partial charge in [-0.05, 0) is 42.8 Å². The van der Waals surface area contributed by atoms with E-state index < -0.39 is 0 Å². The van der Waals surface area contributed by atoms with Crippen molar-refractivity contribution in [3.63, 3.8) is 0 Å². The first-order valence-corrected chi connectivity index (χ1v) is 6.85. The van der Waals surface area contributed by atoms with E-state index in [1.54, 1.807) is 0 Å². The maximum absolute atomic E-state index is 3.58. The van der Waals surface area contributed by atoms with Crippen LogP contribution in [0.4, 0.5) is 0 Å². The van der Waals surface area contributed by atoms with E-state index >= 15 is 0 Å². The molecule has 1 heterocycles. The van der Waals surface area contributed by atoms with Crippen molar-refractivity contribution in [2.45, 2.75) is 37.1 Å². The van der Waals surface area contributed by atoms with E-state index in [-0.39, 0.29) is 0 Å². The van der Waals surface area contributed by atoms with Gasteiger partial charge in [0.05, 0.1) is 0 Å². The minimum Gasteiger partial charge on any atom is -0.310 e. The third kappa shape index (κ3) is 2.99. The molecule has 0 amide bonds. The zero-order chi connectivity index (χ0) is 10.5. The van der Waals surface area contributed by atoms with Crippen molar-refractivity contribution in [3.8, 4) is 0 Å². The summed E-state index contributed by atoms with van der Waals surface area (Å²) in [4.78, 5) is 1.39. The van der Waals surface area contributed by atoms with Crippen LogP contribution in [-0.2, 0) is 0 Å². The van der Waals surface area contributed by atoms with Gasteiger partial charge in [0.25, 0.3) is 0 Å². The maximum atomic E-state index is 3.58. The molecule has 0 aromatic heterocycles. The average molecular weight is 221 g/mol. The van der Waals surface area contributed by atoms with Gasteiger partial charge in [0.1, 0.15) is 0 Å². The molecule has 0 bridgehead atoms. The Kier molecular flexibility index (Phi) is 4.09. The molecule has 0 radical (unpaired) electrons. The fourth-order valence-electron chi connectivity index (χ4n) is 2.10. The smallest absolute Gasteiger partial charge is 0.0320 e. The lowest BCUT2D eigenvalue weighted by molar-refractivity contribution is 0.412. The van der Waals surface area contributed by atoms with Crippen molar-refractivity contribution >= 4 is 11.8 Å². The van der Waals surface area contributed by atoms with E-state index in [4.69, 9.17) is 0 Å². The Hall–Kier alpha value is -0.470. The topological polar surface area (TPSA) is 12.0 Å². The van der Waals surface area contributed by atoms with Crippen LogP contribution in [0.25, 0.3) is 0 Å². The van der Waals surface area contributed by atoms with Crippen molar-refractivity contribution in [3.05, 3.63) is 29.8 Å². The summed E-state index contributed by atoms with van der Waals surface area (Å²) in [6.07, 6.45) is 3.99. The van der Waals surface area contributed by atoms with Crippen molar-refractivity contribution in [2.75, 3.05) is 12.3 Å². The SMILES string of the molecule is CCSc1ccc([C@@H]2CCCCN2)cc1. The normalized spacial score (nSPS) is 21.5. The van der Waals surface area contributed by atoms with Gasteiger partial charge in [-0.15, -0.1) is 11.8 Å². The Morgan fingerprint density at radius 1 is 1.27 bits per heavy atom. The first-order valence-electron chi connectivity index (χ1n) is 5.86. The van der Waals surface area contributed by atoms with Gasteiger partial charge in [-0.3, -0.25) is 0 Å². The minimum atomic E-state index is 0.597. The van der Waals surface area contributed by atoms with E-state index in [1.807, 2.05) is 11.8 Å². The quantitative estimate of drug-likeness (QED) is 0.782. The van der Waals surface area contributed by atoms with Crippen molar-refractivity contribution < 1.29 is 0 Å². The molecule has 0 unspecified atom stereocenters. The van der Waals surface area contributed by atoms with Crippen LogP contribution >= 0.6 is 11.8 Å². The molecular weight excluding hydrogens is 202 g/mol. The highest BCUT2D eigenvalue weighted by Crippen LogP contribution is 2.25. The van der Waals surface area contributed by atoms with Gasteiger partial charge in [0.2, 0.25) is 0 Å². The number of rotatable bonds is 3. The largest absolute Gasteiger partial charge is 0.310 e. The lowest BCUT2D eigenvalue weighted by atomic mass is 9.98. The predicted molar refractivity (Wildman–Crippen MR) is 67.4 cm³/mol. The summed E-state index contributed by atoms with van der Waals surface area (Å²) in [5.74, 6) is 1.15. The van der Waals surface area contributed by atoms with Gasteiger partial charge in [-0.1, -0.05) is 25.5 Å². The molecule has 1 fully saturated rings. The summed E-state index contributed by atoms with van der Waals surface area (Å²) in [6.45, 7) is 3.37. The van der Waals surface area contributed by atoms with Gasteiger partial charge < -0.3 is 5.32 Å². The highest BCUT2D eigenvalue weighted by Gasteiger charge is 2.13. The zero-order valence-electron chi connectivity index (χ0n) is 9.33. The van der Waals surface area contributed by atoms with Gasteiger partial charge in [-0.2, -0.15) is 0 Å². The van der Waals surface area contributed by atoms with Crippen molar-refractivity contribution in [1.29, 1.82) is 0 Å². The summed E-state index contributed by atoms with van der Waals surface area (Å²) >= 11 is 1.91. The molecule has 2 heteroatoms. The number of hydrogen-bond acceptors (Lipinski definition) is 2. The van der Waals surface area contributed by atoms with E-state index in [0.717, 1.165) is 5.75 Å². The number of thioether (sulfide) groups is 1. The second kappa shape index (κ2) is 5.57. The molecule has 0 spiro atoms. The Morgan fingerprint density at radius 3 is 2.67 bits per heavy atom. The summed E-state index contributed by atoms with van der Waals surface area (Å²) in [7, 11) is 0. The van der Waals surface area contributed by atoms with E-state index in [2.05, 4.69) is 36.5 Å². The fourth-order valence-corrected chi connectivity index (χ4v) is 2.76. The first-order chi connectivity index (χ1) is 7.40. The molecule has 1 aromatic carbocycles. The summed E-state index contributed by atoms with van der Waals surface area (Å²) in [5.41, 5.74) is 1.45. The molecule has 0 aliphatic carbocycles. The molecule has 2 rings (SSSR count). The Bertz CT molecular complexity index is 288. The Morgan fingerprint density at radius 2 is 2.07 bits per heavy atom. The molecular formula is C13H19NS.